The van der Waals surface area contributed by atoms with Crippen LogP contribution in [0.3, 0.4) is 0 Å². The molecule has 0 bridgehead atoms. The van der Waals surface area contributed by atoms with Crippen molar-refractivity contribution in [2.45, 2.75) is 6.92 Å². The van der Waals surface area contributed by atoms with Crippen LogP contribution < -0.4 is 5.73 Å². The molecule has 0 atom stereocenters. The highest BCUT2D eigenvalue weighted by Gasteiger charge is 2.19. The van der Waals surface area contributed by atoms with Crippen molar-refractivity contribution >= 4 is 28.8 Å². The van der Waals surface area contributed by atoms with Crippen molar-refractivity contribution in [2.24, 2.45) is 0 Å². The summed E-state index contributed by atoms with van der Waals surface area (Å²) in [5.74, 6) is 0.310. The fraction of sp³-hybridized carbons (Fsp3) is 0.0714. The van der Waals surface area contributed by atoms with Crippen LogP contribution in [0, 0.1) is 6.92 Å². The van der Waals surface area contributed by atoms with Crippen molar-refractivity contribution < 1.29 is 4.52 Å². The lowest BCUT2D eigenvalue weighted by molar-refractivity contribution is 0.439. The van der Waals surface area contributed by atoms with Crippen molar-refractivity contribution in [1.82, 2.24) is 5.16 Å². The van der Waals surface area contributed by atoms with E-state index in [1.54, 1.807) is 11.3 Å². The number of aryl methyl sites for hydroxylation is 1. The Balaban J connectivity index is 2.22. The predicted octanol–water partition coefficient (Wildman–Crippen LogP) is 4.61. The van der Waals surface area contributed by atoms with Gasteiger partial charge in [0.15, 0.2) is 0 Å². The average molecular weight is 291 g/mol. The van der Waals surface area contributed by atoms with Crippen molar-refractivity contribution in [3.05, 3.63) is 46.3 Å². The Kier molecular flexibility index (Phi) is 3.05. The first kappa shape index (κ1) is 12.3. The van der Waals surface area contributed by atoms with Gasteiger partial charge in [-0.3, -0.25) is 0 Å². The molecule has 0 saturated heterocycles. The molecule has 2 N–H and O–H groups in total. The Hall–Kier alpha value is -1.78. The second-order valence-corrected chi connectivity index (χ2v) is 5.57. The van der Waals surface area contributed by atoms with Gasteiger partial charge in [-0.2, -0.15) is 0 Å². The first-order chi connectivity index (χ1) is 9.16. The fourth-order valence-corrected chi connectivity index (χ4v) is 3.10. The third-order valence-electron chi connectivity index (χ3n) is 2.91. The van der Waals surface area contributed by atoms with Gasteiger partial charge in [0, 0.05) is 5.02 Å². The van der Waals surface area contributed by atoms with E-state index in [2.05, 4.69) is 5.16 Å². The van der Waals surface area contributed by atoms with E-state index < -0.39 is 0 Å². The molecule has 0 saturated carbocycles. The summed E-state index contributed by atoms with van der Waals surface area (Å²) in [6, 6.07) is 9.56. The maximum absolute atomic E-state index is 6.03. The molecule has 3 aromatic rings. The van der Waals surface area contributed by atoms with Crippen LogP contribution in [0.25, 0.3) is 21.7 Å². The van der Waals surface area contributed by atoms with Gasteiger partial charge in [-0.05, 0) is 41.6 Å². The molecule has 96 valence electrons. The number of nitrogens with two attached hydrogens (primary N) is 1. The first-order valence-corrected chi connectivity index (χ1v) is 6.98. The van der Waals surface area contributed by atoms with E-state index in [4.69, 9.17) is 21.9 Å². The van der Waals surface area contributed by atoms with E-state index in [1.807, 2.05) is 42.6 Å². The minimum Gasteiger partial charge on any atom is -0.367 e. The quantitative estimate of drug-likeness (QED) is 0.749. The molecule has 3 rings (SSSR count). The second-order valence-electron chi connectivity index (χ2n) is 4.21. The lowest BCUT2D eigenvalue weighted by atomic mass is 10.0. The van der Waals surface area contributed by atoms with Gasteiger partial charge >= 0.3 is 0 Å². The topological polar surface area (TPSA) is 52.0 Å². The molecule has 0 fully saturated rings. The Morgan fingerprint density at radius 2 is 2.16 bits per heavy atom. The first-order valence-electron chi connectivity index (χ1n) is 5.72. The highest BCUT2D eigenvalue weighted by Crippen LogP contribution is 2.40. The summed E-state index contributed by atoms with van der Waals surface area (Å²) in [6.07, 6.45) is 0. The summed E-state index contributed by atoms with van der Waals surface area (Å²) in [5.41, 5.74) is 9.55. The molecule has 19 heavy (non-hydrogen) atoms. The molecular weight excluding hydrogens is 280 g/mol. The van der Waals surface area contributed by atoms with Crippen molar-refractivity contribution in [1.29, 1.82) is 0 Å². The zero-order valence-corrected chi connectivity index (χ0v) is 11.8. The molecule has 0 spiro atoms. The Labute approximate surface area is 119 Å². The zero-order chi connectivity index (χ0) is 13.4. The van der Waals surface area contributed by atoms with Crippen LogP contribution in [0.4, 0.5) is 5.88 Å². The summed E-state index contributed by atoms with van der Waals surface area (Å²) < 4.78 is 5.16. The Bertz CT molecular complexity index is 733. The number of nitrogen functional groups attached to an aromatic ring is 1. The van der Waals surface area contributed by atoms with Gasteiger partial charge in [0.25, 0.3) is 0 Å². The van der Waals surface area contributed by atoms with Gasteiger partial charge in [-0.25, -0.2) is 0 Å². The average Bonchev–Trinajstić information content (AvgIpc) is 2.95. The smallest absolute Gasteiger partial charge is 0.230 e. The number of hydrogen-bond donors (Lipinski definition) is 1. The van der Waals surface area contributed by atoms with E-state index in [-0.39, 0.29) is 0 Å². The lowest BCUT2D eigenvalue weighted by Gasteiger charge is -2.02. The fourth-order valence-electron chi connectivity index (χ4n) is 2.00. The summed E-state index contributed by atoms with van der Waals surface area (Å²) in [4.78, 5) is 1.07. The standard InChI is InChI=1S/C14H11ClN2OS/c1-8-5-6-19-13(8)12-11(14(16)18-17-12)9-3-2-4-10(15)7-9/h2-7H,16H2,1H3. The monoisotopic (exact) mass is 290 g/mol. The highest BCUT2D eigenvalue weighted by molar-refractivity contribution is 7.13. The minimum atomic E-state index is 0.310. The molecule has 0 radical (unpaired) electrons. The Morgan fingerprint density at radius 3 is 2.84 bits per heavy atom. The number of anilines is 1. The number of halogens is 1. The molecule has 0 aliphatic heterocycles. The van der Waals surface area contributed by atoms with E-state index >= 15 is 0 Å². The largest absolute Gasteiger partial charge is 0.367 e. The van der Waals surface area contributed by atoms with Crippen molar-refractivity contribution in [3.8, 4) is 21.7 Å². The highest BCUT2D eigenvalue weighted by atomic mass is 35.5. The number of rotatable bonds is 2. The summed E-state index contributed by atoms with van der Waals surface area (Å²) in [7, 11) is 0. The normalized spacial score (nSPS) is 10.8. The van der Waals surface area contributed by atoms with Gasteiger partial charge in [0.05, 0.1) is 10.4 Å². The maximum atomic E-state index is 6.03. The van der Waals surface area contributed by atoms with Crippen molar-refractivity contribution in [2.75, 3.05) is 5.73 Å². The van der Waals surface area contributed by atoms with E-state index in [0.717, 1.165) is 27.3 Å². The van der Waals surface area contributed by atoms with Crippen LogP contribution in [-0.2, 0) is 0 Å². The van der Waals surface area contributed by atoms with Crippen LogP contribution in [0.1, 0.15) is 5.56 Å². The number of nitrogens with zero attached hydrogens (tertiary/aromatic N) is 1. The van der Waals surface area contributed by atoms with Gasteiger partial charge < -0.3 is 10.3 Å². The van der Waals surface area contributed by atoms with Crippen LogP contribution in [-0.4, -0.2) is 5.16 Å². The van der Waals surface area contributed by atoms with Crippen LogP contribution >= 0.6 is 22.9 Å². The van der Waals surface area contributed by atoms with Crippen LogP contribution in [0.2, 0.25) is 5.02 Å². The number of hydrogen-bond acceptors (Lipinski definition) is 4. The number of benzene rings is 1. The summed E-state index contributed by atoms with van der Waals surface area (Å²) in [6.45, 7) is 2.04. The van der Waals surface area contributed by atoms with Crippen LogP contribution in [0.5, 0.6) is 0 Å². The molecule has 2 aromatic heterocycles. The molecule has 5 heteroatoms. The molecule has 0 amide bonds. The second kappa shape index (κ2) is 4.72. The SMILES string of the molecule is Cc1ccsc1-c1noc(N)c1-c1cccc(Cl)c1. The van der Waals surface area contributed by atoms with Crippen molar-refractivity contribution in [3.63, 3.8) is 0 Å². The molecular formula is C14H11ClN2OS. The lowest BCUT2D eigenvalue weighted by Crippen LogP contribution is -1.87. The third-order valence-corrected chi connectivity index (χ3v) is 4.17. The predicted molar refractivity (Wildman–Crippen MR) is 79.4 cm³/mol. The van der Waals surface area contributed by atoms with Crippen LogP contribution in [0.15, 0.2) is 40.2 Å². The Morgan fingerprint density at radius 1 is 1.32 bits per heavy atom. The third kappa shape index (κ3) is 2.13. The minimum absolute atomic E-state index is 0.310. The summed E-state index contributed by atoms with van der Waals surface area (Å²) >= 11 is 7.65. The maximum Gasteiger partial charge on any atom is 0.230 e. The number of thiophene rings is 1. The molecule has 0 unspecified atom stereocenters. The van der Waals surface area contributed by atoms with Gasteiger partial charge in [0.1, 0.15) is 5.69 Å². The van der Waals surface area contributed by atoms with E-state index in [9.17, 15) is 0 Å². The zero-order valence-electron chi connectivity index (χ0n) is 10.2. The van der Waals surface area contributed by atoms with Gasteiger partial charge in [0.2, 0.25) is 5.88 Å². The van der Waals surface area contributed by atoms with Gasteiger partial charge in [-0.15, -0.1) is 11.3 Å². The summed E-state index contributed by atoms with van der Waals surface area (Å²) in [5, 5.41) is 6.78. The molecule has 0 aliphatic rings. The van der Waals surface area contributed by atoms with E-state index in [0.29, 0.717) is 10.9 Å². The van der Waals surface area contributed by atoms with Gasteiger partial charge in [-0.1, -0.05) is 28.9 Å². The van der Waals surface area contributed by atoms with E-state index in [1.165, 1.54) is 0 Å². The number of aromatic nitrogens is 1. The molecule has 0 aliphatic carbocycles. The molecule has 3 nitrogen and oxygen atoms in total. The molecule has 2 heterocycles. The molecule has 1 aromatic carbocycles.